The second kappa shape index (κ2) is 5.00. The van der Waals surface area contributed by atoms with Crippen LogP contribution in [0.3, 0.4) is 0 Å². The molecule has 108 valence electrons. The molecule has 0 radical (unpaired) electrons. The number of aryl methyl sites for hydroxylation is 2. The van der Waals surface area contributed by atoms with E-state index in [0.717, 1.165) is 28.4 Å². The van der Waals surface area contributed by atoms with Gasteiger partial charge in [0.15, 0.2) is 0 Å². The lowest BCUT2D eigenvalue weighted by atomic mass is 10.1. The lowest BCUT2D eigenvalue weighted by Crippen LogP contribution is -1.98. The minimum absolute atomic E-state index is 0.379. The Labute approximate surface area is 126 Å². The van der Waals surface area contributed by atoms with E-state index in [9.17, 15) is 4.39 Å². The summed E-state index contributed by atoms with van der Waals surface area (Å²) in [6.07, 6.45) is 2.84. The van der Waals surface area contributed by atoms with Crippen LogP contribution in [0.15, 0.2) is 24.5 Å². The minimum Gasteiger partial charge on any atom is -0.481 e. The van der Waals surface area contributed by atoms with Crippen molar-refractivity contribution in [3.8, 4) is 17.1 Å². The van der Waals surface area contributed by atoms with Gasteiger partial charge in [0.1, 0.15) is 11.0 Å². The molecule has 0 spiro atoms. The number of halogens is 2. The maximum atomic E-state index is 13.6. The highest BCUT2D eigenvalue weighted by Crippen LogP contribution is 2.36. The van der Waals surface area contributed by atoms with Gasteiger partial charge in [0.25, 0.3) is 0 Å². The molecule has 6 heteroatoms. The fourth-order valence-electron chi connectivity index (χ4n) is 2.63. The fourth-order valence-corrected chi connectivity index (χ4v) is 2.79. The molecular formula is C15H13ClFN3O. The third-order valence-corrected chi connectivity index (χ3v) is 3.78. The maximum absolute atomic E-state index is 13.6. The molecule has 0 unspecified atom stereocenters. The monoisotopic (exact) mass is 305 g/mol. The Kier molecular flexibility index (Phi) is 3.29. The number of rotatable bonds is 2. The van der Waals surface area contributed by atoms with E-state index in [0.29, 0.717) is 16.6 Å². The number of pyridine rings is 2. The SMILES string of the molecule is COc1ncc(F)cc1-c1c(C)c2cc(Cl)ncc2n1C. The quantitative estimate of drug-likeness (QED) is 0.677. The Hall–Kier alpha value is -2.14. The van der Waals surface area contributed by atoms with Crippen LogP contribution in [-0.2, 0) is 7.05 Å². The van der Waals surface area contributed by atoms with E-state index in [1.165, 1.54) is 13.2 Å². The van der Waals surface area contributed by atoms with Crippen molar-refractivity contribution in [2.45, 2.75) is 6.92 Å². The lowest BCUT2D eigenvalue weighted by molar-refractivity contribution is 0.397. The summed E-state index contributed by atoms with van der Waals surface area (Å²) in [7, 11) is 3.41. The van der Waals surface area contributed by atoms with Crippen LogP contribution in [0, 0.1) is 12.7 Å². The van der Waals surface area contributed by atoms with Gasteiger partial charge in [0.05, 0.1) is 36.3 Å². The van der Waals surface area contributed by atoms with Crippen LogP contribution in [0.5, 0.6) is 5.88 Å². The molecule has 3 aromatic rings. The Morgan fingerprint density at radius 1 is 1.24 bits per heavy atom. The summed E-state index contributed by atoms with van der Waals surface area (Å²) < 4.78 is 20.8. The van der Waals surface area contributed by atoms with Gasteiger partial charge in [-0.1, -0.05) is 11.6 Å². The number of ether oxygens (including phenoxy) is 1. The molecule has 0 N–H and O–H groups in total. The third-order valence-electron chi connectivity index (χ3n) is 3.57. The fraction of sp³-hybridized carbons (Fsp3) is 0.200. The van der Waals surface area contributed by atoms with Gasteiger partial charge < -0.3 is 9.30 Å². The van der Waals surface area contributed by atoms with Gasteiger partial charge in [-0.15, -0.1) is 0 Å². The molecule has 0 aliphatic carbocycles. The summed E-state index contributed by atoms with van der Waals surface area (Å²) in [4.78, 5) is 8.09. The molecule has 3 rings (SSSR count). The molecule has 0 bridgehead atoms. The molecule has 0 amide bonds. The van der Waals surface area contributed by atoms with Crippen LogP contribution >= 0.6 is 11.6 Å². The van der Waals surface area contributed by atoms with E-state index in [4.69, 9.17) is 16.3 Å². The van der Waals surface area contributed by atoms with E-state index >= 15 is 0 Å². The predicted octanol–water partition coefficient (Wildman–Crippen LogP) is 3.74. The highest BCUT2D eigenvalue weighted by atomic mass is 35.5. The second-order valence-electron chi connectivity index (χ2n) is 4.77. The molecule has 0 atom stereocenters. The van der Waals surface area contributed by atoms with Crippen LogP contribution in [0.1, 0.15) is 5.56 Å². The molecule has 0 saturated heterocycles. The van der Waals surface area contributed by atoms with E-state index in [1.807, 2.05) is 18.5 Å². The molecule has 0 aliphatic heterocycles. The van der Waals surface area contributed by atoms with Gasteiger partial charge in [0, 0.05) is 12.4 Å². The standard InChI is InChI=1S/C15H13ClFN3O/c1-8-10-5-13(16)18-7-12(10)20(2)14(8)11-4-9(17)6-19-15(11)21-3/h4-7H,1-3H3. The van der Waals surface area contributed by atoms with Crippen molar-refractivity contribution in [1.29, 1.82) is 0 Å². The summed E-state index contributed by atoms with van der Waals surface area (Å²) >= 11 is 5.96. The summed E-state index contributed by atoms with van der Waals surface area (Å²) in [5, 5.41) is 1.39. The zero-order chi connectivity index (χ0) is 15.1. The molecule has 0 fully saturated rings. The van der Waals surface area contributed by atoms with Crippen molar-refractivity contribution in [2.24, 2.45) is 7.05 Å². The molecule has 0 saturated carbocycles. The van der Waals surface area contributed by atoms with Crippen molar-refractivity contribution in [1.82, 2.24) is 14.5 Å². The molecular weight excluding hydrogens is 293 g/mol. The number of fused-ring (bicyclic) bond motifs is 1. The Morgan fingerprint density at radius 2 is 2.00 bits per heavy atom. The number of hydrogen-bond donors (Lipinski definition) is 0. The van der Waals surface area contributed by atoms with Gasteiger partial charge in [-0.2, -0.15) is 0 Å². The number of nitrogens with zero attached hydrogens (tertiary/aromatic N) is 3. The van der Waals surface area contributed by atoms with Crippen LogP contribution in [0.2, 0.25) is 5.15 Å². The lowest BCUT2D eigenvalue weighted by Gasteiger charge is -2.10. The van der Waals surface area contributed by atoms with Gasteiger partial charge in [-0.05, 0) is 24.6 Å². The number of aromatic nitrogens is 3. The summed E-state index contributed by atoms with van der Waals surface area (Å²) in [5.74, 6) is -0.0314. The van der Waals surface area contributed by atoms with Crippen LogP contribution < -0.4 is 4.74 Å². The number of hydrogen-bond acceptors (Lipinski definition) is 3. The van der Waals surface area contributed by atoms with Crippen LogP contribution in [0.4, 0.5) is 4.39 Å². The first-order valence-corrected chi connectivity index (χ1v) is 6.71. The molecule has 4 nitrogen and oxygen atoms in total. The molecule has 21 heavy (non-hydrogen) atoms. The first kappa shape index (κ1) is 13.8. The Bertz CT molecular complexity index is 845. The smallest absolute Gasteiger partial charge is 0.222 e. The highest BCUT2D eigenvalue weighted by molar-refractivity contribution is 6.30. The van der Waals surface area contributed by atoms with E-state index in [2.05, 4.69) is 9.97 Å². The summed E-state index contributed by atoms with van der Waals surface area (Å²) in [6.45, 7) is 1.96. The van der Waals surface area contributed by atoms with Gasteiger partial charge in [0.2, 0.25) is 5.88 Å². The predicted molar refractivity (Wildman–Crippen MR) is 80.2 cm³/mol. The molecule has 0 aliphatic rings. The average Bonchev–Trinajstić information content (AvgIpc) is 2.70. The summed E-state index contributed by atoms with van der Waals surface area (Å²) in [5.41, 5.74) is 3.32. The molecule has 3 heterocycles. The minimum atomic E-state index is -0.411. The normalized spacial score (nSPS) is 11.1. The third kappa shape index (κ3) is 2.14. The number of methoxy groups -OCH3 is 1. The average molecular weight is 306 g/mol. The largest absolute Gasteiger partial charge is 0.481 e. The van der Waals surface area contributed by atoms with Gasteiger partial charge in [-0.25, -0.2) is 14.4 Å². The van der Waals surface area contributed by atoms with Crippen LogP contribution in [-0.4, -0.2) is 21.6 Å². The highest BCUT2D eigenvalue weighted by Gasteiger charge is 2.19. The van der Waals surface area contributed by atoms with Gasteiger partial charge >= 0.3 is 0 Å². The zero-order valence-electron chi connectivity index (χ0n) is 11.8. The maximum Gasteiger partial charge on any atom is 0.222 e. The first-order chi connectivity index (χ1) is 10.0. The second-order valence-corrected chi connectivity index (χ2v) is 5.15. The Morgan fingerprint density at radius 3 is 2.71 bits per heavy atom. The Balaban J connectivity index is 2.38. The summed E-state index contributed by atoms with van der Waals surface area (Å²) in [6, 6.07) is 3.22. The zero-order valence-corrected chi connectivity index (χ0v) is 12.6. The van der Waals surface area contributed by atoms with Gasteiger partial charge in [-0.3, -0.25) is 0 Å². The van der Waals surface area contributed by atoms with E-state index in [1.54, 1.807) is 12.3 Å². The molecule has 3 aromatic heterocycles. The van der Waals surface area contributed by atoms with Crippen molar-refractivity contribution in [2.75, 3.05) is 7.11 Å². The van der Waals surface area contributed by atoms with Crippen molar-refractivity contribution >= 4 is 22.5 Å². The topological polar surface area (TPSA) is 39.9 Å². The van der Waals surface area contributed by atoms with E-state index < -0.39 is 5.82 Å². The first-order valence-electron chi connectivity index (χ1n) is 6.33. The van der Waals surface area contributed by atoms with Crippen LogP contribution in [0.25, 0.3) is 22.2 Å². The van der Waals surface area contributed by atoms with Crippen molar-refractivity contribution in [3.05, 3.63) is 41.1 Å². The molecule has 0 aromatic carbocycles. The van der Waals surface area contributed by atoms with Crippen molar-refractivity contribution in [3.63, 3.8) is 0 Å². The van der Waals surface area contributed by atoms with Crippen molar-refractivity contribution < 1.29 is 9.13 Å². The van der Waals surface area contributed by atoms with E-state index in [-0.39, 0.29) is 0 Å².